The summed E-state index contributed by atoms with van der Waals surface area (Å²) in [4.78, 5) is 23.0. The van der Waals surface area contributed by atoms with Crippen LogP contribution in [-0.2, 0) is 11.2 Å². The van der Waals surface area contributed by atoms with E-state index in [1.165, 1.54) is 0 Å². The van der Waals surface area contributed by atoms with E-state index >= 15 is 0 Å². The van der Waals surface area contributed by atoms with Gasteiger partial charge >= 0.3 is 0 Å². The van der Waals surface area contributed by atoms with Crippen molar-refractivity contribution in [3.8, 4) is 11.5 Å². The molecule has 30 heavy (non-hydrogen) atoms. The highest BCUT2D eigenvalue weighted by atomic mass is 79.9. The quantitative estimate of drug-likeness (QED) is 0.329. The Morgan fingerprint density at radius 3 is 2.73 bits per heavy atom. The minimum Gasteiger partial charge on any atom is -0.394 e. The summed E-state index contributed by atoms with van der Waals surface area (Å²) >= 11 is 3.39. The summed E-state index contributed by atoms with van der Waals surface area (Å²) in [6.07, 6.45) is 2.35. The first-order valence-electron chi connectivity index (χ1n) is 9.96. The van der Waals surface area contributed by atoms with Gasteiger partial charge in [-0.25, -0.2) is 4.98 Å². The van der Waals surface area contributed by atoms with E-state index in [0.29, 0.717) is 6.42 Å². The van der Waals surface area contributed by atoms with Gasteiger partial charge in [0.05, 0.1) is 12.6 Å². The van der Waals surface area contributed by atoms with E-state index in [1.807, 2.05) is 30.3 Å². The largest absolute Gasteiger partial charge is 0.394 e. The van der Waals surface area contributed by atoms with E-state index in [-0.39, 0.29) is 24.6 Å². The third-order valence-electron chi connectivity index (χ3n) is 5.29. The van der Waals surface area contributed by atoms with Crippen LogP contribution in [0.15, 0.2) is 47.2 Å². The number of fused-ring (bicyclic) bond motifs is 3. The van der Waals surface area contributed by atoms with Crippen molar-refractivity contribution < 1.29 is 9.90 Å². The average Bonchev–Trinajstić information content (AvgIpc) is 3.09. The Morgan fingerprint density at radius 1 is 1.30 bits per heavy atom. The first-order chi connectivity index (χ1) is 14.3. The van der Waals surface area contributed by atoms with Crippen LogP contribution < -0.4 is 0 Å². The predicted molar refractivity (Wildman–Crippen MR) is 125 cm³/mol. The van der Waals surface area contributed by atoms with Gasteiger partial charge in [0, 0.05) is 22.8 Å². The summed E-state index contributed by atoms with van der Waals surface area (Å²) in [5, 5.41) is 11.3. The van der Waals surface area contributed by atoms with Gasteiger partial charge in [0.25, 0.3) is 5.91 Å². The molecule has 0 fully saturated rings. The first kappa shape index (κ1) is 20.9. The number of benzene rings is 1. The number of hydrogen-bond donors (Lipinski definition) is 2. The van der Waals surface area contributed by atoms with Crippen LogP contribution in [0.5, 0.6) is 0 Å². The maximum atomic E-state index is 13.3. The molecule has 0 saturated heterocycles. The second-order valence-corrected chi connectivity index (χ2v) is 14.2. The van der Waals surface area contributed by atoms with Crippen molar-refractivity contribution in [3.63, 3.8) is 0 Å². The molecule has 2 unspecified atom stereocenters. The summed E-state index contributed by atoms with van der Waals surface area (Å²) in [7, 11) is -1.72. The number of aromatic nitrogens is 2. The molecule has 2 N–H and O–H groups in total. The molecule has 5 nitrogen and oxygen atoms in total. The van der Waals surface area contributed by atoms with Crippen LogP contribution in [0.4, 0.5) is 0 Å². The molecular weight excluding hydrogens is 458 g/mol. The van der Waals surface area contributed by atoms with Crippen molar-refractivity contribution in [2.75, 3.05) is 6.61 Å². The lowest BCUT2D eigenvalue weighted by Gasteiger charge is -2.40. The monoisotopic (exact) mass is 481 g/mol. The molecule has 154 valence electrons. The average molecular weight is 482 g/mol. The Hall–Kier alpha value is -2.40. The SMILES string of the molecule is C[Si](C)(C)C#CC(=O)N1C(CO)Cc2c([nH]c3ccccc23)C1c1ccc(Br)nc1. The molecule has 0 radical (unpaired) electrons. The smallest absolute Gasteiger partial charge is 0.299 e. The standard InChI is InChI=1S/C23H24BrN3O2Si/c1-30(2,3)11-10-21(29)27-16(14-28)12-18-17-6-4-5-7-19(17)26-22(18)23(27)15-8-9-20(24)25-13-15/h4-9,13,16,23,26,28H,12,14H2,1-3H3. The number of hydrogen-bond acceptors (Lipinski definition) is 3. The van der Waals surface area contributed by atoms with Crippen molar-refractivity contribution in [1.29, 1.82) is 0 Å². The van der Waals surface area contributed by atoms with Gasteiger partial charge in [-0.15, -0.1) is 5.54 Å². The maximum absolute atomic E-state index is 13.3. The Balaban J connectivity index is 1.91. The summed E-state index contributed by atoms with van der Waals surface area (Å²) in [5.74, 6) is 2.62. The van der Waals surface area contributed by atoms with Gasteiger partial charge in [0.2, 0.25) is 0 Å². The van der Waals surface area contributed by atoms with Crippen LogP contribution in [-0.4, -0.2) is 46.6 Å². The highest BCUT2D eigenvalue weighted by Crippen LogP contribution is 2.40. The number of H-pyrrole nitrogens is 1. The number of aliphatic hydroxyl groups is 1. The number of rotatable bonds is 2. The Bertz CT molecular complexity index is 1160. The number of pyridine rings is 1. The number of nitrogens with zero attached hydrogens (tertiary/aromatic N) is 2. The lowest BCUT2D eigenvalue weighted by molar-refractivity contribution is -0.131. The molecular formula is C23H24BrN3O2Si. The zero-order valence-electron chi connectivity index (χ0n) is 17.2. The molecule has 0 spiro atoms. The maximum Gasteiger partial charge on any atom is 0.299 e. The second kappa shape index (κ2) is 8.03. The molecule has 1 aliphatic heterocycles. The number of aliphatic hydroxyl groups excluding tert-OH is 1. The van der Waals surface area contributed by atoms with Gasteiger partial charge in [-0.3, -0.25) is 4.79 Å². The topological polar surface area (TPSA) is 69.2 Å². The Labute approximate surface area is 185 Å². The van der Waals surface area contributed by atoms with Crippen molar-refractivity contribution in [2.24, 2.45) is 0 Å². The zero-order chi connectivity index (χ0) is 21.5. The second-order valence-electron chi connectivity index (χ2n) is 8.63. The fourth-order valence-electron chi connectivity index (χ4n) is 3.98. The summed E-state index contributed by atoms with van der Waals surface area (Å²) in [5.41, 5.74) is 7.19. The van der Waals surface area contributed by atoms with Gasteiger partial charge in [-0.2, -0.15) is 0 Å². The van der Waals surface area contributed by atoms with Gasteiger partial charge in [0.15, 0.2) is 0 Å². The number of nitrogens with one attached hydrogen (secondary N) is 1. The molecule has 1 aromatic carbocycles. The van der Waals surface area contributed by atoms with E-state index in [2.05, 4.69) is 63.1 Å². The molecule has 7 heteroatoms. The molecule has 3 aromatic rings. The van der Waals surface area contributed by atoms with Crippen molar-refractivity contribution >= 4 is 40.8 Å². The molecule has 2 aromatic heterocycles. The number of para-hydroxylation sites is 1. The van der Waals surface area contributed by atoms with Gasteiger partial charge in [-0.1, -0.05) is 43.9 Å². The van der Waals surface area contributed by atoms with E-state index < -0.39 is 8.07 Å². The number of carbonyl (C=O) groups excluding carboxylic acids is 1. The number of carbonyl (C=O) groups is 1. The number of amides is 1. The van der Waals surface area contributed by atoms with Crippen LogP contribution in [0.25, 0.3) is 10.9 Å². The predicted octanol–water partition coefficient (Wildman–Crippen LogP) is 4.04. The van der Waals surface area contributed by atoms with Crippen molar-refractivity contribution in [1.82, 2.24) is 14.9 Å². The lowest BCUT2D eigenvalue weighted by Crippen LogP contribution is -2.49. The minimum atomic E-state index is -1.72. The molecule has 4 rings (SSSR count). The summed E-state index contributed by atoms with van der Waals surface area (Å²) in [6, 6.07) is 11.2. The van der Waals surface area contributed by atoms with E-state index in [9.17, 15) is 9.90 Å². The molecule has 3 heterocycles. The minimum absolute atomic E-state index is 0.125. The zero-order valence-corrected chi connectivity index (χ0v) is 19.8. The van der Waals surface area contributed by atoms with E-state index in [4.69, 9.17) is 0 Å². The van der Waals surface area contributed by atoms with Crippen molar-refractivity contribution in [3.05, 3.63) is 64.0 Å². The fourth-order valence-corrected chi connectivity index (χ4v) is 4.69. The third-order valence-corrected chi connectivity index (χ3v) is 6.63. The van der Waals surface area contributed by atoms with Gasteiger partial charge < -0.3 is 15.0 Å². The van der Waals surface area contributed by atoms with Crippen LogP contribution in [0.2, 0.25) is 19.6 Å². The van der Waals surface area contributed by atoms with Crippen molar-refractivity contribution in [2.45, 2.75) is 38.1 Å². The van der Waals surface area contributed by atoms with E-state index in [0.717, 1.165) is 32.3 Å². The summed E-state index contributed by atoms with van der Waals surface area (Å²) in [6.45, 7) is 6.20. The number of halogens is 1. The van der Waals surface area contributed by atoms with E-state index in [1.54, 1.807) is 11.1 Å². The molecule has 0 bridgehead atoms. The Kier molecular flexibility index (Phi) is 5.58. The van der Waals surface area contributed by atoms with Crippen LogP contribution in [0.3, 0.4) is 0 Å². The summed E-state index contributed by atoms with van der Waals surface area (Å²) < 4.78 is 0.731. The molecule has 1 amide bonds. The van der Waals surface area contributed by atoms with Crippen LogP contribution in [0, 0.1) is 11.5 Å². The molecule has 1 aliphatic rings. The highest BCUT2D eigenvalue weighted by molar-refractivity contribution is 9.10. The third kappa shape index (κ3) is 3.95. The van der Waals surface area contributed by atoms with Gasteiger partial charge in [-0.05, 0) is 51.5 Å². The number of aromatic amines is 1. The lowest BCUT2D eigenvalue weighted by atomic mass is 9.88. The molecule has 2 atom stereocenters. The highest BCUT2D eigenvalue weighted by Gasteiger charge is 2.40. The Morgan fingerprint density at radius 2 is 2.07 bits per heavy atom. The molecule has 0 saturated carbocycles. The van der Waals surface area contributed by atoms with Crippen LogP contribution in [0.1, 0.15) is 22.9 Å². The fraction of sp³-hybridized carbons (Fsp3) is 0.304. The normalized spacial score (nSPS) is 18.6. The van der Waals surface area contributed by atoms with Crippen LogP contribution >= 0.6 is 15.9 Å². The first-order valence-corrected chi connectivity index (χ1v) is 14.2. The molecule has 0 aliphatic carbocycles. The van der Waals surface area contributed by atoms with Gasteiger partial charge in [0.1, 0.15) is 18.7 Å².